The Balaban J connectivity index is 1.75. The Morgan fingerprint density at radius 2 is 1.67 bits per heavy atom. The van der Waals surface area contributed by atoms with E-state index in [1.807, 2.05) is 75.4 Å². The molecule has 4 rings (SSSR count). The number of para-hydroxylation sites is 1. The smallest absolute Gasteiger partial charge is 0.247 e. The molecule has 186 valence electrons. The maximum absolute atomic E-state index is 13.9. The van der Waals surface area contributed by atoms with E-state index in [1.54, 1.807) is 12.1 Å². The normalized spacial score (nSPS) is 12.3. The molecule has 0 saturated carbocycles. The van der Waals surface area contributed by atoms with Crippen LogP contribution in [0.4, 0.5) is 4.39 Å². The van der Waals surface area contributed by atoms with Crippen molar-refractivity contribution in [1.82, 2.24) is 25.2 Å². The second kappa shape index (κ2) is 10.7. The number of hydrogen-bond donors (Lipinski definition) is 1. The summed E-state index contributed by atoms with van der Waals surface area (Å²) in [5.41, 5.74) is 2.30. The third-order valence-electron chi connectivity index (χ3n) is 6.31. The Hall–Kier alpha value is -4.07. The molecule has 36 heavy (non-hydrogen) atoms. The van der Waals surface area contributed by atoms with E-state index in [0.717, 1.165) is 11.1 Å². The fourth-order valence-corrected chi connectivity index (χ4v) is 3.96. The summed E-state index contributed by atoms with van der Waals surface area (Å²) < 4.78 is 15.3. The summed E-state index contributed by atoms with van der Waals surface area (Å²) in [6.07, 6.45) is 0.701. The molecule has 0 bridgehead atoms. The molecule has 4 aromatic rings. The maximum Gasteiger partial charge on any atom is 0.247 e. The quantitative estimate of drug-likeness (QED) is 0.373. The molecule has 0 aliphatic carbocycles. The van der Waals surface area contributed by atoms with Gasteiger partial charge in [-0.3, -0.25) is 9.59 Å². The van der Waals surface area contributed by atoms with E-state index >= 15 is 0 Å². The first-order valence-corrected chi connectivity index (χ1v) is 12.0. The monoisotopic (exact) mass is 487 g/mol. The minimum Gasteiger partial charge on any atom is -0.349 e. The van der Waals surface area contributed by atoms with E-state index in [9.17, 15) is 14.0 Å². The molecule has 0 radical (unpaired) electrons. The number of rotatable bonds is 9. The van der Waals surface area contributed by atoms with Gasteiger partial charge in [0.25, 0.3) is 0 Å². The van der Waals surface area contributed by atoms with Crippen molar-refractivity contribution in [3.63, 3.8) is 0 Å². The third kappa shape index (κ3) is 5.76. The van der Waals surface area contributed by atoms with Crippen molar-refractivity contribution >= 4 is 22.8 Å². The zero-order chi connectivity index (χ0) is 25.7. The first kappa shape index (κ1) is 25.0. The average molecular weight is 488 g/mol. The van der Waals surface area contributed by atoms with E-state index in [1.165, 1.54) is 21.7 Å². The fraction of sp³-hybridized carbons (Fsp3) is 0.286. The van der Waals surface area contributed by atoms with Gasteiger partial charge in [-0.25, -0.2) is 9.07 Å². The number of aromatic nitrogens is 3. The standard InChI is InChI=1S/C28H30FN5O2/c1-4-28(2,3)30-27(36)26(21-14-16-22(29)17-15-21)33(18-20-10-6-5-7-11-20)25(35)19-34-24-13-9-8-12-23(24)31-32-34/h5-17,26H,4,18-19H2,1-3H3,(H,30,36)/t26-/m1/s1. The van der Waals surface area contributed by atoms with Crippen LogP contribution >= 0.6 is 0 Å². The number of amides is 2. The van der Waals surface area contributed by atoms with Gasteiger partial charge in [-0.05, 0) is 55.7 Å². The maximum atomic E-state index is 13.9. The van der Waals surface area contributed by atoms with E-state index in [4.69, 9.17) is 0 Å². The second-order valence-electron chi connectivity index (χ2n) is 9.42. The van der Waals surface area contributed by atoms with Crippen LogP contribution in [0.3, 0.4) is 0 Å². The molecule has 1 atom stereocenters. The highest BCUT2D eigenvalue weighted by Gasteiger charge is 2.34. The molecule has 3 aromatic carbocycles. The number of hydrogen-bond acceptors (Lipinski definition) is 4. The van der Waals surface area contributed by atoms with Gasteiger partial charge in [0.05, 0.1) is 5.52 Å². The van der Waals surface area contributed by atoms with Crippen LogP contribution in [0.15, 0.2) is 78.9 Å². The first-order chi connectivity index (χ1) is 17.3. The van der Waals surface area contributed by atoms with Crippen molar-refractivity contribution in [2.24, 2.45) is 0 Å². The van der Waals surface area contributed by atoms with E-state index in [2.05, 4.69) is 15.6 Å². The summed E-state index contributed by atoms with van der Waals surface area (Å²) in [6, 6.07) is 21.6. The molecular formula is C28H30FN5O2. The Labute approximate surface area is 209 Å². The predicted molar refractivity (Wildman–Crippen MR) is 136 cm³/mol. The summed E-state index contributed by atoms with van der Waals surface area (Å²) >= 11 is 0. The van der Waals surface area contributed by atoms with Crippen molar-refractivity contribution in [3.05, 3.63) is 95.8 Å². The second-order valence-corrected chi connectivity index (χ2v) is 9.42. The van der Waals surface area contributed by atoms with Gasteiger partial charge in [-0.1, -0.05) is 66.7 Å². The van der Waals surface area contributed by atoms with Gasteiger partial charge in [-0.2, -0.15) is 0 Å². The Morgan fingerprint density at radius 1 is 1.00 bits per heavy atom. The number of nitrogens with one attached hydrogen (secondary N) is 1. The molecule has 0 spiro atoms. The SMILES string of the molecule is CCC(C)(C)NC(=O)[C@@H](c1ccc(F)cc1)N(Cc1ccccc1)C(=O)Cn1nnc2ccccc21. The lowest BCUT2D eigenvalue weighted by atomic mass is 9.98. The Kier molecular flexibility index (Phi) is 7.43. The lowest BCUT2D eigenvalue weighted by Crippen LogP contribution is -2.50. The zero-order valence-electron chi connectivity index (χ0n) is 20.7. The van der Waals surface area contributed by atoms with Gasteiger partial charge in [0.15, 0.2) is 0 Å². The lowest BCUT2D eigenvalue weighted by Gasteiger charge is -2.34. The first-order valence-electron chi connectivity index (χ1n) is 12.0. The highest BCUT2D eigenvalue weighted by atomic mass is 19.1. The van der Waals surface area contributed by atoms with Gasteiger partial charge in [0, 0.05) is 12.1 Å². The molecule has 8 heteroatoms. The summed E-state index contributed by atoms with van der Waals surface area (Å²) in [6.45, 7) is 5.93. The summed E-state index contributed by atoms with van der Waals surface area (Å²) in [5.74, 6) is -1.06. The van der Waals surface area contributed by atoms with Crippen LogP contribution in [-0.2, 0) is 22.7 Å². The molecule has 1 heterocycles. The van der Waals surface area contributed by atoms with Crippen LogP contribution in [0.25, 0.3) is 11.0 Å². The molecule has 2 amide bonds. The van der Waals surface area contributed by atoms with Crippen LogP contribution in [-0.4, -0.2) is 37.2 Å². The third-order valence-corrected chi connectivity index (χ3v) is 6.31. The Morgan fingerprint density at radius 3 is 2.36 bits per heavy atom. The molecule has 7 nitrogen and oxygen atoms in total. The molecule has 0 unspecified atom stereocenters. The number of benzene rings is 3. The number of carbonyl (C=O) groups excluding carboxylic acids is 2. The van der Waals surface area contributed by atoms with Gasteiger partial charge in [0.2, 0.25) is 11.8 Å². The van der Waals surface area contributed by atoms with Crippen molar-refractivity contribution < 1.29 is 14.0 Å². The van der Waals surface area contributed by atoms with Crippen molar-refractivity contribution in [1.29, 1.82) is 0 Å². The van der Waals surface area contributed by atoms with E-state index in [0.29, 0.717) is 17.5 Å². The molecule has 1 aromatic heterocycles. The number of halogens is 1. The predicted octanol–water partition coefficient (Wildman–Crippen LogP) is 4.65. The molecule has 0 aliphatic rings. The molecule has 0 fully saturated rings. The van der Waals surface area contributed by atoms with Gasteiger partial charge in [0.1, 0.15) is 23.9 Å². The molecule has 0 aliphatic heterocycles. The summed E-state index contributed by atoms with van der Waals surface area (Å²) in [7, 11) is 0. The molecule has 1 N–H and O–H groups in total. The number of nitrogens with zero attached hydrogens (tertiary/aromatic N) is 4. The van der Waals surface area contributed by atoms with Crippen LogP contribution in [0.5, 0.6) is 0 Å². The minimum absolute atomic E-state index is 0.102. The van der Waals surface area contributed by atoms with Gasteiger partial charge in [-0.15, -0.1) is 5.10 Å². The fourth-order valence-electron chi connectivity index (χ4n) is 3.96. The largest absolute Gasteiger partial charge is 0.349 e. The van der Waals surface area contributed by atoms with E-state index in [-0.39, 0.29) is 24.9 Å². The zero-order valence-corrected chi connectivity index (χ0v) is 20.7. The average Bonchev–Trinajstić information content (AvgIpc) is 3.28. The Bertz CT molecular complexity index is 1340. The number of fused-ring (bicyclic) bond motifs is 1. The van der Waals surface area contributed by atoms with Crippen LogP contribution in [0, 0.1) is 5.82 Å². The highest BCUT2D eigenvalue weighted by Crippen LogP contribution is 2.26. The topological polar surface area (TPSA) is 80.1 Å². The minimum atomic E-state index is -0.973. The number of carbonyl (C=O) groups is 2. The van der Waals surface area contributed by atoms with Crippen LogP contribution in [0.2, 0.25) is 0 Å². The molecule has 0 saturated heterocycles. The van der Waals surface area contributed by atoms with Crippen LogP contribution in [0.1, 0.15) is 44.4 Å². The summed E-state index contributed by atoms with van der Waals surface area (Å²) in [5, 5.41) is 11.4. The van der Waals surface area contributed by atoms with Gasteiger partial charge < -0.3 is 10.2 Å². The van der Waals surface area contributed by atoms with Crippen molar-refractivity contribution in [2.75, 3.05) is 0 Å². The highest BCUT2D eigenvalue weighted by molar-refractivity contribution is 5.89. The van der Waals surface area contributed by atoms with E-state index < -0.39 is 17.4 Å². The van der Waals surface area contributed by atoms with Gasteiger partial charge >= 0.3 is 0 Å². The van der Waals surface area contributed by atoms with Crippen LogP contribution < -0.4 is 5.32 Å². The van der Waals surface area contributed by atoms with Crippen molar-refractivity contribution in [3.8, 4) is 0 Å². The molecular weight excluding hydrogens is 457 g/mol. The lowest BCUT2D eigenvalue weighted by molar-refractivity contribution is -0.143. The summed E-state index contributed by atoms with van der Waals surface area (Å²) in [4.78, 5) is 29.1. The van der Waals surface area contributed by atoms with Crippen molar-refractivity contribution in [2.45, 2.75) is 51.9 Å².